The van der Waals surface area contributed by atoms with Gasteiger partial charge in [-0.25, -0.2) is 0 Å². The number of ether oxygens (including phenoxy) is 3. The van der Waals surface area contributed by atoms with E-state index in [2.05, 4.69) is 15.0 Å². The summed E-state index contributed by atoms with van der Waals surface area (Å²) in [4.78, 5) is 6.30. The highest BCUT2D eigenvalue weighted by Crippen LogP contribution is 2.29. The summed E-state index contributed by atoms with van der Waals surface area (Å²) in [5.74, 6) is 1.85. The molecule has 166 valence electrons. The number of guanidine groups is 1. The Balaban J connectivity index is 0.00000450. The third kappa shape index (κ3) is 7.85. The maximum atomic E-state index is 12.6. The lowest BCUT2D eigenvalue weighted by Crippen LogP contribution is -2.39. The molecule has 0 bridgehead atoms. The number of halogens is 3. The van der Waals surface area contributed by atoms with Gasteiger partial charge in [0, 0.05) is 27.2 Å². The SMILES string of the molecule is CN=C(NCCc1ccc(OC)c(OC(F)F)c1)N(C)Cc1ccc(OC)cc1.I. The van der Waals surface area contributed by atoms with E-state index in [0.29, 0.717) is 19.5 Å². The van der Waals surface area contributed by atoms with Crippen molar-refractivity contribution in [1.82, 2.24) is 10.2 Å². The Kier molecular flexibility index (Phi) is 11.2. The quantitative estimate of drug-likeness (QED) is 0.297. The first-order valence-electron chi connectivity index (χ1n) is 9.13. The monoisotopic (exact) mass is 535 g/mol. The molecule has 0 heterocycles. The minimum absolute atomic E-state index is 0. The number of nitrogens with one attached hydrogen (secondary N) is 1. The molecule has 2 aromatic carbocycles. The molecule has 0 unspecified atom stereocenters. The Morgan fingerprint density at radius 3 is 2.27 bits per heavy atom. The molecule has 2 aromatic rings. The molecule has 0 aliphatic rings. The molecular weight excluding hydrogens is 507 g/mol. The van der Waals surface area contributed by atoms with Crippen LogP contribution in [0.15, 0.2) is 47.5 Å². The zero-order chi connectivity index (χ0) is 21.2. The summed E-state index contributed by atoms with van der Waals surface area (Å²) < 4.78 is 39.9. The van der Waals surface area contributed by atoms with Crippen molar-refractivity contribution in [2.45, 2.75) is 19.6 Å². The fraction of sp³-hybridized carbons (Fsp3) is 0.381. The van der Waals surface area contributed by atoms with Crippen LogP contribution in [0.3, 0.4) is 0 Å². The number of rotatable bonds is 9. The Bertz CT molecular complexity index is 805. The molecule has 1 N–H and O–H groups in total. The predicted octanol–water partition coefficient (Wildman–Crippen LogP) is 4.17. The van der Waals surface area contributed by atoms with Crippen molar-refractivity contribution in [3.63, 3.8) is 0 Å². The van der Waals surface area contributed by atoms with E-state index >= 15 is 0 Å². The van der Waals surface area contributed by atoms with E-state index < -0.39 is 6.61 Å². The molecule has 6 nitrogen and oxygen atoms in total. The molecule has 0 atom stereocenters. The largest absolute Gasteiger partial charge is 0.497 e. The van der Waals surface area contributed by atoms with Gasteiger partial charge in [-0.15, -0.1) is 24.0 Å². The van der Waals surface area contributed by atoms with Crippen molar-refractivity contribution in [2.75, 3.05) is 34.9 Å². The number of methoxy groups -OCH3 is 2. The first-order chi connectivity index (χ1) is 14.0. The van der Waals surface area contributed by atoms with E-state index in [9.17, 15) is 8.78 Å². The lowest BCUT2D eigenvalue weighted by Gasteiger charge is -2.22. The van der Waals surface area contributed by atoms with Crippen LogP contribution in [0, 0.1) is 0 Å². The lowest BCUT2D eigenvalue weighted by molar-refractivity contribution is -0.0512. The normalized spacial score (nSPS) is 11.0. The van der Waals surface area contributed by atoms with Crippen LogP contribution in [0.2, 0.25) is 0 Å². The molecule has 2 rings (SSSR count). The van der Waals surface area contributed by atoms with Crippen LogP contribution in [-0.2, 0) is 13.0 Å². The number of aliphatic imine (C=N–C) groups is 1. The van der Waals surface area contributed by atoms with Gasteiger partial charge in [0.2, 0.25) is 0 Å². The van der Waals surface area contributed by atoms with Crippen molar-refractivity contribution in [3.05, 3.63) is 53.6 Å². The van der Waals surface area contributed by atoms with Crippen LogP contribution in [-0.4, -0.2) is 52.3 Å². The summed E-state index contributed by atoms with van der Waals surface area (Å²) in [7, 11) is 6.71. The Morgan fingerprint density at radius 2 is 1.70 bits per heavy atom. The highest BCUT2D eigenvalue weighted by atomic mass is 127. The van der Waals surface area contributed by atoms with E-state index in [1.165, 1.54) is 7.11 Å². The maximum Gasteiger partial charge on any atom is 0.387 e. The molecular formula is C21H28F2IN3O3. The van der Waals surface area contributed by atoms with Crippen LogP contribution < -0.4 is 19.5 Å². The maximum absolute atomic E-state index is 12.6. The number of benzene rings is 2. The van der Waals surface area contributed by atoms with Gasteiger partial charge in [-0.1, -0.05) is 18.2 Å². The molecule has 0 spiro atoms. The summed E-state index contributed by atoms with van der Waals surface area (Å²) >= 11 is 0. The topological polar surface area (TPSA) is 55.3 Å². The van der Waals surface area contributed by atoms with Crippen LogP contribution in [0.1, 0.15) is 11.1 Å². The summed E-state index contributed by atoms with van der Waals surface area (Å²) in [6.45, 7) is -1.64. The van der Waals surface area contributed by atoms with Gasteiger partial charge in [-0.3, -0.25) is 4.99 Å². The van der Waals surface area contributed by atoms with Crippen molar-refractivity contribution >= 4 is 29.9 Å². The number of nitrogens with zero attached hydrogens (tertiary/aromatic N) is 2. The molecule has 0 aliphatic carbocycles. The van der Waals surface area contributed by atoms with Gasteiger partial charge in [-0.2, -0.15) is 8.78 Å². The average Bonchev–Trinajstić information content (AvgIpc) is 2.71. The third-order valence-electron chi connectivity index (χ3n) is 4.29. The lowest BCUT2D eigenvalue weighted by atomic mass is 10.1. The Morgan fingerprint density at radius 1 is 1.03 bits per heavy atom. The minimum atomic E-state index is -2.90. The standard InChI is InChI=1S/C21H27F2N3O3.HI/c1-24-21(26(2)14-16-5-8-17(27-3)9-6-16)25-12-11-15-7-10-18(28-4)19(13-15)29-20(22)23;/h5-10,13,20H,11-12,14H2,1-4H3,(H,24,25);1H. The highest BCUT2D eigenvalue weighted by Gasteiger charge is 2.12. The van der Waals surface area contributed by atoms with Gasteiger partial charge >= 0.3 is 6.61 Å². The van der Waals surface area contributed by atoms with E-state index in [-0.39, 0.29) is 35.5 Å². The first-order valence-corrected chi connectivity index (χ1v) is 9.13. The Hall–Kier alpha value is -2.30. The Labute approximate surface area is 193 Å². The smallest absolute Gasteiger partial charge is 0.387 e. The molecule has 0 saturated heterocycles. The minimum Gasteiger partial charge on any atom is -0.497 e. The molecule has 0 radical (unpaired) electrons. The van der Waals surface area contributed by atoms with E-state index in [1.807, 2.05) is 42.3 Å². The number of hydrogen-bond acceptors (Lipinski definition) is 4. The summed E-state index contributed by atoms with van der Waals surface area (Å²) in [5.41, 5.74) is 1.97. The first kappa shape index (κ1) is 25.7. The van der Waals surface area contributed by atoms with Crippen molar-refractivity contribution in [2.24, 2.45) is 4.99 Å². The highest BCUT2D eigenvalue weighted by molar-refractivity contribution is 14.0. The van der Waals surface area contributed by atoms with Gasteiger partial charge in [0.1, 0.15) is 5.75 Å². The number of alkyl halides is 2. The molecule has 9 heteroatoms. The molecule has 0 aliphatic heterocycles. The van der Waals surface area contributed by atoms with E-state index in [0.717, 1.165) is 22.8 Å². The van der Waals surface area contributed by atoms with Gasteiger partial charge in [0.25, 0.3) is 0 Å². The molecule has 0 amide bonds. The molecule has 0 saturated carbocycles. The van der Waals surface area contributed by atoms with Crippen LogP contribution in [0.5, 0.6) is 17.2 Å². The molecule has 0 fully saturated rings. The van der Waals surface area contributed by atoms with Gasteiger partial charge in [0.05, 0.1) is 14.2 Å². The van der Waals surface area contributed by atoms with Crippen LogP contribution in [0.4, 0.5) is 8.78 Å². The van der Waals surface area contributed by atoms with Gasteiger partial charge < -0.3 is 24.4 Å². The number of hydrogen-bond donors (Lipinski definition) is 1. The third-order valence-corrected chi connectivity index (χ3v) is 4.29. The van der Waals surface area contributed by atoms with Gasteiger partial charge in [-0.05, 0) is 41.8 Å². The van der Waals surface area contributed by atoms with E-state index in [1.54, 1.807) is 26.3 Å². The second kappa shape index (κ2) is 13.1. The fourth-order valence-corrected chi connectivity index (χ4v) is 2.85. The van der Waals surface area contributed by atoms with Gasteiger partial charge in [0.15, 0.2) is 17.5 Å². The second-order valence-electron chi connectivity index (χ2n) is 6.29. The molecule has 0 aromatic heterocycles. The fourth-order valence-electron chi connectivity index (χ4n) is 2.85. The summed E-state index contributed by atoms with van der Waals surface area (Å²) in [6.07, 6.45) is 0.610. The van der Waals surface area contributed by atoms with E-state index in [4.69, 9.17) is 9.47 Å². The van der Waals surface area contributed by atoms with Crippen LogP contribution in [0.25, 0.3) is 0 Å². The van der Waals surface area contributed by atoms with Crippen molar-refractivity contribution in [1.29, 1.82) is 0 Å². The summed E-state index contributed by atoms with van der Waals surface area (Å²) in [6, 6.07) is 12.9. The average molecular weight is 535 g/mol. The van der Waals surface area contributed by atoms with Crippen molar-refractivity contribution in [3.8, 4) is 17.2 Å². The predicted molar refractivity (Wildman–Crippen MR) is 125 cm³/mol. The second-order valence-corrected chi connectivity index (χ2v) is 6.29. The summed E-state index contributed by atoms with van der Waals surface area (Å²) in [5, 5.41) is 3.28. The zero-order valence-electron chi connectivity index (χ0n) is 17.5. The zero-order valence-corrected chi connectivity index (χ0v) is 19.9. The molecule has 30 heavy (non-hydrogen) atoms. The van der Waals surface area contributed by atoms with Crippen molar-refractivity contribution < 1.29 is 23.0 Å². The van der Waals surface area contributed by atoms with Crippen LogP contribution >= 0.6 is 24.0 Å².